The molecule has 14 heavy (non-hydrogen) atoms. The smallest absolute Gasteiger partial charge is 0.0718 e. The first kappa shape index (κ1) is 11.7. The molecule has 0 amide bonds. The molecule has 0 atom stereocenters. The van der Waals surface area contributed by atoms with Gasteiger partial charge in [0.2, 0.25) is 0 Å². The van der Waals surface area contributed by atoms with Crippen LogP contribution in [0.3, 0.4) is 0 Å². The molecule has 1 heterocycles. The van der Waals surface area contributed by atoms with Crippen molar-refractivity contribution in [2.45, 2.75) is 32.9 Å². The van der Waals surface area contributed by atoms with E-state index in [2.05, 4.69) is 28.7 Å². The average Bonchev–Trinajstić information content (AvgIpc) is 2.53. The molecule has 0 unspecified atom stereocenters. The predicted molar refractivity (Wildman–Crippen MR) is 61.6 cm³/mol. The Hall–Kier alpha value is -0.380. The lowest BCUT2D eigenvalue weighted by Crippen LogP contribution is -2.38. The summed E-state index contributed by atoms with van der Waals surface area (Å²) < 4.78 is 0. The Morgan fingerprint density at radius 1 is 1.50 bits per heavy atom. The molecular weight excluding hydrogens is 194 g/mol. The van der Waals surface area contributed by atoms with Crippen LogP contribution < -0.4 is 0 Å². The molecule has 0 radical (unpaired) electrons. The van der Waals surface area contributed by atoms with Crippen molar-refractivity contribution in [2.75, 3.05) is 13.1 Å². The zero-order valence-corrected chi connectivity index (χ0v) is 9.97. The summed E-state index contributed by atoms with van der Waals surface area (Å²) in [6.45, 7) is 8.45. The summed E-state index contributed by atoms with van der Waals surface area (Å²) in [7, 11) is 0. The van der Waals surface area contributed by atoms with Crippen molar-refractivity contribution in [1.29, 1.82) is 0 Å². The van der Waals surface area contributed by atoms with Gasteiger partial charge in [-0.3, -0.25) is 4.90 Å². The van der Waals surface area contributed by atoms with Gasteiger partial charge in [0.1, 0.15) is 0 Å². The van der Waals surface area contributed by atoms with E-state index in [0.29, 0.717) is 0 Å². The molecule has 0 aliphatic heterocycles. The highest BCUT2D eigenvalue weighted by Crippen LogP contribution is 2.12. The fraction of sp³-hybridized carbons (Fsp3) is 0.636. The lowest BCUT2D eigenvalue weighted by atomic mass is 10.1. The van der Waals surface area contributed by atoms with Crippen LogP contribution in [0, 0.1) is 0 Å². The Labute approximate surface area is 90.2 Å². The first-order valence-electron chi connectivity index (χ1n) is 4.97. The first-order chi connectivity index (χ1) is 6.51. The fourth-order valence-corrected chi connectivity index (χ4v) is 2.13. The van der Waals surface area contributed by atoms with Gasteiger partial charge in [0.25, 0.3) is 0 Å². The number of thiophene rings is 1. The number of nitrogens with zero attached hydrogens (tertiary/aromatic N) is 1. The van der Waals surface area contributed by atoms with Crippen LogP contribution >= 0.6 is 11.3 Å². The van der Waals surface area contributed by atoms with Gasteiger partial charge >= 0.3 is 0 Å². The van der Waals surface area contributed by atoms with Gasteiger partial charge in [-0.1, -0.05) is 6.92 Å². The van der Waals surface area contributed by atoms with Crippen LogP contribution in [0.15, 0.2) is 16.8 Å². The predicted octanol–water partition coefficient (Wildman–Crippen LogP) is 2.34. The molecule has 0 saturated heterocycles. The van der Waals surface area contributed by atoms with E-state index in [-0.39, 0.29) is 0 Å². The van der Waals surface area contributed by atoms with Crippen LogP contribution in [0.4, 0.5) is 0 Å². The van der Waals surface area contributed by atoms with Crippen molar-refractivity contribution in [2.24, 2.45) is 0 Å². The Bertz CT molecular complexity index is 251. The second kappa shape index (κ2) is 4.91. The molecule has 0 fully saturated rings. The number of rotatable bonds is 5. The zero-order valence-electron chi connectivity index (χ0n) is 9.16. The van der Waals surface area contributed by atoms with Gasteiger partial charge in [-0.2, -0.15) is 11.3 Å². The second-order valence-electron chi connectivity index (χ2n) is 4.25. The second-order valence-corrected chi connectivity index (χ2v) is 5.03. The Kier molecular flexibility index (Phi) is 4.11. The molecule has 0 aromatic carbocycles. The van der Waals surface area contributed by atoms with Crippen molar-refractivity contribution < 1.29 is 5.11 Å². The van der Waals surface area contributed by atoms with E-state index in [4.69, 9.17) is 0 Å². The van der Waals surface area contributed by atoms with Crippen LogP contribution in [-0.4, -0.2) is 28.7 Å². The highest BCUT2D eigenvalue weighted by molar-refractivity contribution is 7.07. The van der Waals surface area contributed by atoms with Crippen LogP contribution in [0.25, 0.3) is 0 Å². The number of hydrogen-bond acceptors (Lipinski definition) is 3. The highest BCUT2D eigenvalue weighted by Gasteiger charge is 2.17. The van der Waals surface area contributed by atoms with Crippen molar-refractivity contribution in [3.05, 3.63) is 22.4 Å². The van der Waals surface area contributed by atoms with Gasteiger partial charge in [0.05, 0.1) is 5.60 Å². The minimum absolute atomic E-state index is 0.605. The molecular formula is C11H19NOS. The third kappa shape index (κ3) is 4.22. The number of hydrogen-bond donors (Lipinski definition) is 1. The monoisotopic (exact) mass is 213 g/mol. The Morgan fingerprint density at radius 2 is 2.21 bits per heavy atom. The van der Waals surface area contributed by atoms with Gasteiger partial charge in [0, 0.05) is 13.1 Å². The molecule has 2 nitrogen and oxygen atoms in total. The molecule has 0 saturated carbocycles. The summed E-state index contributed by atoms with van der Waals surface area (Å²) >= 11 is 1.72. The van der Waals surface area contributed by atoms with E-state index in [1.54, 1.807) is 11.3 Å². The lowest BCUT2D eigenvalue weighted by molar-refractivity contribution is 0.0354. The van der Waals surface area contributed by atoms with Gasteiger partial charge in [-0.25, -0.2) is 0 Å². The summed E-state index contributed by atoms with van der Waals surface area (Å²) in [5, 5.41) is 14.0. The van der Waals surface area contributed by atoms with Crippen LogP contribution in [0.5, 0.6) is 0 Å². The maximum Gasteiger partial charge on any atom is 0.0718 e. The van der Waals surface area contributed by atoms with Crippen molar-refractivity contribution in [3.8, 4) is 0 Å². The summed E-state index contributed by atoms with van der Waals surface area (Å²) in [5.41, 5.74) is 0.729. The van der Waals surface area contributed by atoms with E-state index in [1.165, 1.54) is 5.56 Å². The van der Waals surface area contributed by atoms with Gasteiger partial charge in [-0.15, -0.1) is 0 Å². The normalized spacial score (nSPS) is 12.4. The van der Waals surface area contributed by atoms with Gasteiger partial charge < -0.3 is 5.11 Å². The topological polar surface area (TPSA) is 23.5 Å². The highest BCUT2D eigenvalue weighted by atomic mass is 32.1. The molecule has 0 aliphatic carbocycles. The molecule has 3 heteroatoms. The quantitative estimate of drug-likeness (QED) is 0.811. The third-order valence-corrected chi connectivity index (χ3v) is 2.78. The SMILES string of the molecule is CCN(Cc1ccsc1)CC(C)(C)O. The maximum absolute atomic E-state index is 9.71. The molecule has 1 rings (SSSR count). The van der Waals surface area contributed by atoms with Crippen molar-refractivity contribution >= 4 is 11.3 Å². The van der Waals surface area contributed by atoms with Crippen molar-refractivity contribution in [3.63, 3.8) is 0 Å². The molecule has 0 spiro atoms. The summed E-state index contributed by atoms with van der Waals surface area (Å²) in [4.78, 5) is 2.25. The van der Waals surface area contributed by atoms with E-state index in [9.17, 15) is 5.11 Å². The summed E-state index contributed by atoms with van der Waals surface area (Å²) in [6.07, 6.45) is 0. The van der Waals surface area contributed by atoms with E-state index >= 15 is 0 Å². The zero-order chi connectivity index (χ0) is 10.6. The fourth-order valence-electron chi connectivity index (χ4n) is 1.47. The Morgan fingerprint density at radius 3 is 2.64 bits per heavy atom. The number of aliphatic hydroxyl groups is 1. The molecule has 0 bridgehead atoms. The van der Waals surface area contributed by atoms with E-state index in [0.717, 1.165) is 19.6 Å². The number of likely N-dealkylation sites (N-methyl/N-ethyl adjacent to an activating group) is 1. The van der Waals surface area contributed by atoms with Crippen molar-refractivity contribution in [1.82, 2.24) is 4.90 Å². The van der Waals surface area contributed by atoms with Gasteiger partial charge in [0.15, 0.2) is 0 Å². The Balaban J connectivity index is 2.47. The molecule has 1 aromatic rings. The van der Waals surface area contributed by atoms with Gasteiger partial charge in [-0.05, 0) is 42.8 Å². The average molecular weight is 213 g/mol. The molecule has 0 aliphatic rings. The summed E-state index contributed by atoms with van der Waals surface area (Å²) in [6, 6.07) is 2.14. The van der Waals surface area contributed by atoms with E-state index < -0.39 is 5.60 Å². The first-order valence-corrected chi connectivity index (χ1v) is 5.91. The largest absolute Gasteiger partial charge is 0.389 e. The maximum atomic E-state index is 9.71. The van der Waals surface area contributed by atoms with E-state index in [1.807, 2.05) is 13.8 Å². The summed E-state index contributed by atoms with van der Waals surface area (Å²) in [5.74, 6) is 0. The van der Waals surface area contributed by atoms with Crippen LogP contribution in [0.2, 0.25) is 0 Å². The molecule has 80 valence electrons. The minimum atomic E-state index is -0.605. The lowest BCUT2D eigenvalue weighted by Gasteiger charge is -2.27. The van der Waals surface area contributed by atoms with Crippen LogP contribution in [-0.2, 0) is 6.54 Å². The minimum Gasteiger partial charge on any atom is -0.389 e. The van der Waals surface area contributed by atoms with Crippen LogP contribution in [0.1, 0.15) is 26.3 Å². The molecule has 1 N–H and O–H groups in total. The third-order valence-electron chi connectivity index (χ3n) is 2.04. The molecule has 1 aromatic heterocycles. The standard InChI is InChI=1S/C11H19NOS/c1-4-12(9-11(2,3)13)7-10-5-6-14-8-10/h5-6,8,13H,4,7,9H2,1-3H3.